The van der Waals surface area contributed by atoms with Crippen LogP contribution in [0.1, 0.15) is 30.9 Å². The highest BCUT2D eigenvalue weighted by atomic mass is 15.2. The van der Waals surface area contributed by atoms with Crippen LogP contribution in [0.3, 0.4) is 0 Å². The molecule has 16 heavy (non-hydrogen) atoms. The van der Waals surface area contributed by atoms with E-state index in [1.165, 1.54) is 11.1 Å². The number of rotatable bonds is 3. The average molecular weight is 219 g/mol. The van der Waals surface area contributed by atoms with E-state index in [2.05, 4.69) is 35.1 Å². The van der Waals surface area contributed by atoms with Crippen LogP contribution in [-0.4, -0.2) is 36.1 Å². The zero-order valence-corrected chi connectivity index (χ0v) is 10.2. The first-order chi connectivity index (χ1) is 7.77. The third-order valence-electron chi connectivity index (χ3n) is 3.17. The lowest BCUT2D eigenvalue weighted by atomic mass is 9.99. The van der Waals surface area contributed by atoms with Gasteiger partial charge in [-0.3, -0.25) is 9.88 Å². The van der Waals surface area contributed by atoms with Crippen LogP contribution in [0, 0.1) is 0 Å². The molecule has 3 heteroatoms. The van der Waals surface area contributed by atoms with Gasteiger partial charge in [-0.25, -0.2) is 0 Å². The molecular weight excluding hydrogens is 198 g/mol. The van der Waals surface area contributed by atoms with Crippen molar-refractivity contribution in [1.82, 2.24) is 15.2 Å². The minimum absolute atomic E-state index is 0.584. The van der Waals surface area contributed by atoms with Gasteiger partial charge in [0.2, 0.25) is 0 Å². The lowest BCUT2D eigenvalue weighted by Gasteiger charge is -2.28. The molecule has 1 aromatic rings. The second-order valence-electron chi connectivity index (χ2n) is 4.76. The van der Waals surface area contributed by atoms with Crippen LogP contribution in [0.2, 0.25) is 0 Å². The van der Waals surface area contributed by atoms with Gasteiger partial charge in [0.25, 0.3) is 0 Å². The molecule has 1 saturated heterocycles. The molecule has 1 aliphatic rings. The van der Waals surface area contributed by atoms with E-state index in [9.17, 15) is 0 Å². The topological polar surface area (TPSA) is 28.2 Å². The first-order valence-corrected chi connectivity index (χ1v) is 6.13. The largest absolute Gasteiger partial charge is 0.314 e. The number of pyridine rings is 1. The normalized spacial score (nSPS) is 17.9. The van der Waals surface area contributed by atoms with Crippen LogP contribution in [0.25, 0.3) is 0 Å². The molecule has 1 aliphatic heterocycles. The van der Waals surface area contributed by atoms with Gasteiger partial charge >= 0.3 is 0 Å². The van der Waals surface area contributed by atoms with Crippen molar-refractivity contribution in [3.8, 4) is 0 Å². The summed E-state index contributed by atoms with van der Waals surface area (Å²) in [5.41, 5.74) is 2.83. The van der Waals surface area contributed by atoms with Gasteiger partial charge in [-0.05, 0) is 23.1 Å². The Balaban J connectivity index is 2.07. The molecule has 3 nitrogen and oxygen atoms in total. The van der Waals surface area contributed by atoms with E-state index in [1.807, 2.05) is 12.4 Å². The number of hydrogen-bond donors (Lipinski definition) is 1. The van der Waals surface area contributed by atoms with Crippen molar-refractivity contribution in [1.29, 1.82) is 0 Å². The molecule has 2 rings (SSSR count). The Labute approximate surface area is 97.9 Å². The van der Waals surface area contributed by atoms with Gasteiger partial charge in [0.1, 0.15) is 0 Å². The van der Waals surface area contributed by atoms with Crippen molar-refractivity contribution in [3.63, 3.8) is 0 Å². The molecule has 1 aromatic heterocycles. The lowest BCUT2D eigenvalue weighted by Crippen LogP contribution is -2.43. The maximum atomic E-state index is 4.25. The fourth-order valence-corrected chi connectivity index (χ4v) is 2.24. The molecule has 0 unspecified atom stereocenters. The van der Waals surface area contributed by atoms with Crippen molar-refractivity contribution in [2.75, 3.05) is 26.2 Å². The maximum Gasteiger partial charge on any atom is 0.0315 e. The number of nitrogens with zero attached hydrogens (tertiary/aromatic N) is 2. The van der Waals surface area contributed by atoms with Crippen LogP contribution in [0.15, 0.2) is 18.5 Å². The Hall–Kier alpha value is -0.930. The summed E-state index contributed by atoms with van der Waals surface area (Å²) in [5.74, 6) is 0.584. The van der Waals surface area contributed by atoms with Crippen LogP contribution in [-0.2, 0) is 6.54 Å². The second-order valence-corrected chi connectivity index (χ2v) is 4.76. The molecule has 2 heterocycles. The zero-order chi connectivity index (χ0) is 11.4. The Morgan fingerprint density at radius 1 is 1.38 bits per heavy atom. The molecule has 0 radical (unpaired) electrons. The van der Waals surface area contributed by atoms with E-state index in [4.69, 9.17) is 0 Å². The fraction of sp³-hybridized carbons (Fsp3) is 0.615. The number of hydrogen-bond acceptors (Lipinski definition) is 3. The van der Waals surface area contributed by atoms with Gasteiger partial charge in [0.05, 0.1) is 0 Å². The molecular formula is C13H21N3. The SMILES string of the molecule is CC(C)c1ccncc1CN1CCNCC1. The van der Waals surface area contributed by atoms with E-state index in [0.717, 1.165) is 32.7 Å². The summed E-state index contributed by atoms with van der Waals surface area (Å²) in [7, 11) is 0. The maximum absolute atomic E-state index is 4.25. The molecule has 0 bridgehead atoms. The highest BCUT2D eigenvalue weighted by molar-refractivity contribution is 5.26. The number of piperazine rings is 1. The average Bonchev–Trinajstić information content (AvgIpc) is 2.31. The van der Waals surface area contributed by atoms with Gasteiger partial charge in [0.15, 0.2) is 0 Å². The van der Waals surface area contributed by atoms with Crippen molar-refractivity contribution in [3.05, 3.63) is 29.6 Å². The highest BCUT2D eigenvalue weighted by Crippen LogP contribution is 2.19. The third-order valence-corrected chi connectivity index (χ3v) is 3.17. The number of aromatic nitrogens is 1. The summed E-state index contributed by atoms with van der Waals surface area (Å²) in [6, 6.07) is 2.15. The van der Waals surface area contributed by atoms with Crippen molar-refractivity contribution < 1.29 is 0 Å². The second kappa shape index (κ2) is 5.41. The third kappa shape index (κ3) is 2.80. The standard InChI is InChI=1S/C13H21N3/c1-11(2)13-3-4-15-9-12(13)10-16-7-5-14-6-8-16/h3-4,9,11,14H,5-8,10H2,1-2H3. The minimum Gasteiger partial charge on any atom is -0.314 e. The van der Waals surface area contributed by atoms with Crippen LogP contribution >= 0.6 is 0 Å². The molecule has 0 saturated carbocycles. The number of nitrogens with one attached hydrogen (secondary N) is 1. The molecule has 0 atom stereocenters. The van der Waals surface area contributed by atoms with Gasteiger partial charge in [-0.15, -0.1) is 0 Å². The Bertz CT molecular complexity index is 330. The molecule has 1 N–H and O–H groups in total. The van der Waals surface area contributed by atoms with Crippen molar-refractivity contribution in [2.45, 2.75) is 26.3 Å². The van der Waals surface area contributed by atoms with Crippen LogP contribution in [0.5, 0.6) is 0 Å². The van der Waals surface area contributed by atoms with E-state index < -0.39 is 0 Å². The summed E-state index contributed by atoms with van der Waals surface area (Å²) in [4.78, 5) is 6.75. The smallest absolute Gasteiger partial charge is 0.0315 e. The van der Waals surface area contributed by atoms with E-state index in [1.54, 1.807) is 0 Å². The first-order valence-electron chi connectivity index (χ1n) is 6.13. The zero-order valence-electron chi connectivity index (χ0n) is 10.2. The minimum atomic E-state index is 0.584. The fourth-order valence-electron chi connectivity index (χ4n) is 2.24. The lowest BCUT2D eigenvalue weighted by molar-refractivity contribution is 0.232. The van der Waals surface area contributed by atoms with Gasteiger partial charge in [-0.1, -0.05) is 13.8 Å². The predicted octanol–water partition coefficient (Wildman–Crippen LogP) is 1.61. The molecule has 0 spiro atoms. The summed E-state index contributed by atoms with van der Waals surface area (Å²) in [5, 5.41) is 3.38. The van der Waals surface area contributed by atoms with Crippen LogP contribution < -0.4 is 5.32 Å². The summed E-state index contributed by atoms with van der Waals surface area (Å²) in [6.07, 6.45) is 3.92. The Kier molecular flexibility index (Phi) is 3.91. The van der Waals surface area contributed by atoms with Crippen molar-refractivity contribution in [2.24, 2.45) is 0 Å². The van der Waals surface area contributed by atoms with Crippen molar-refractivity contribution >= 4 is 0 Å². The van der Waals surface area contributed by atoms with Gasteiger partial charge < -0.3 is 5.32 Å². The van der Waals surface area contributed by atoms with E-state index in [-0.39, 0.29) is 0 Å². The summed E-state index contributed by atoms with van der Waals surface area (Å²) in [6.45, 7) is 10.0. The van der Waals surface area contributed by atoms with E-state index >= 15 is 0 Å². The molecule has 0 aromatic carbocycles. The molecule has 88 valence electrons. The first kappa shape index (κ1) is 11.6. The monoisotopic (exact) mass is 219 g/mol. The van der Waals surface area contributed by atoms with E-state index in [0.29, 0.717) is 5.92 Å². The Morgan fingerprint density at radius 2 is 2.12 bits per heavy atom. The molecule has 1 fully saturated rings. The quantitative estimate of drug-likeness (QED) is 0.837. The molecule has 0 amide bonds. The highest BCUT2D eigenvalue weighted by Gasteiger charge is 2.13. The van der Waals surface area contributed by atoms with Gasteiger partial charge in [-0.2, -0.15) is 0 Å². The summed E-state index contributed by atoms with van der Waals surface area (Å²) >= 11 is 0. The van der Waals surface area contributed by atoms with Crippen LogP contribution in [0.4, 0.5) is 0 Å². The van der Waals surface area contributed by atoms with Gasteiger partial charge in [0, 0.05) is 45.1 Å². The molecule has 0 aliphatic carbocycles. The summed E-state index contributed by atoms with van der Waals surface area (Å²) < 4.78 is 0. The Morgan fingerprint density at radius 3 is 2.81 bits per heavy atom. The predicted molar refractivity (Wildman–Crippen MR) is 66.5 cm³/mol.